The van der Waals surface area contributed by atoms with E-state index in [2.05, 4.69) is 17.2 Å². The lowest BCUT2D eigenvalue weighted by Gasteiger charge is -2.06. The van der Waals surface area contributed by atoms with Crippen LogP contribution in [0.2, 0.25) is 0 Å². The molecular weight excluding hydrogens is 282 g/mol. The summed E-state index contributed by atoms with van der Waals surface area (Å²) in [6.07, 6.45) is 0. The molecule has 0 aliphatic carbocycles. The zero-order valence-corrected chi connectivity index (χ0v) is 13.1. The molecule has 1 aromatic heterocycles. The Morgan fingerprint density at radius 3 is 2.62 bits per heavy atom. The average Bonchev–Trinajstić information content (AvgIpc) is 2.79. The molecule has 3 nitrogen and oxygen atoms in total. The summed E-state index contributed by atoms with van der Waals surface area (Å²) in [7, 11) is 0. The molecule has 4 heteroatoms. The number of benzene rings is 1. The average molecular weight is 299 g/mol. The van der Waals surface area contributed by atoms with Gasteiger partial charge in [-0.25, -0.2) is 0 Å². The first-order valence-corrected chi connectivity index (χ1v) is 7.41. The number of rotatable bonds is 2. The Kier molecular flexibility index (Phi) is 4.79. The third-order valence-electron chi connectivity index (χ3n) is 3.19. The number of aliphatic hydroxyl groups is 1. The monoisotopic (exact) mass is 299 g/mol. The number of carbonyl (C=O) groups is 1. The van der Waals surface area contributed by atoms with Crippen LogP contribution < -0.4 is 5.32 Å². The molecule has 0 aliphatic heterocycles. The van der Waals surface area contributed by atoms with Crippen LogP contribution in [-0.4, -0.2) is 17.6 Å². The smallest absolute Gasteiger partial charge is 0.265 e. The second-order valence-electron chi connectivity index (χ2n) is 4.79. The Labute approximate surface area is 128 Å². The van der Waals surface area contributed by atoms with Gasteiger partial charge in [-0.1, -0.05) is 17.9 Å². The Balaban J connectivity index is 2.21. The topological polar surface area (TPSA) is 49.3 Å². The molecule has 0 spiro atoms. The van der Waals surface area contributed by atoms with Gasteiger partial charge >= 0.3 is 0 Å². The minimum Gasteiger partial charge on any atom is -0.384 e. The van der Waals surface area contributed by atoms with Crippen molar-refractivity contribution in [2.45, 2.75) is 20.8 Å². The number of aryl methyl sites for hydroxylation is 3. The van der Waals surface area contributed by atoms with Crippen molar-refractivity contribution >= 4 is 22.9 Å². The van der Waals surface area contributed by atoms with Crippen LogP contribution in [0.3, 0.4) is 0 Å². The summed E-state index contributed by atoms with van der Waals surface area (Å²) in [5.74, 6) is 5.39. The van der Waals surface area contributed by atoms with Gasteiger partial charge in [-0.3, -0.25) is 4.79 Å². The summed E-state index contributed by atoms with van der Waals surface area (Å²) in [4.78, 5) is 14.1. The highest BCUT2D eigenvalue weighted by molar-refractivity contribution is 7.14. The summed E-state index contributed by atoms with van der Waals surface area (Å²) in [5, 5.41) is 11.7. The van der Waals surface area contributed by atoms with E-state index in [1.165, 1.54) is 11.3 Å². The molecule has 0 aliphatic rings. The quantitative estimate of drug-likeness (QED) is 0.836. The Hall–Kier alpha value is -2.09. The van der Waals surface area contributed by atoms with Gasteiger partial charge in [0.05, 0.1) is 4.88 Å². The molecule has 2 rings (SSSR count). The van der Waals surface area contributed by atoms with Crippen LogP contribution in [0.1, 0.15) is 31.2 Å². The molecule has 21 heavy (non-hydrogen) atoms. The van der Waals surface area contributed by atoms with E-state index >= 15 is 0 Å². The largest absolute Gasteiger partial charge is 0.384 e. The lowest BCUT2D eigenvalue weighted by Crippen LogP contribution is -2.10. The van der Waals surface area contributed by atoms with E-state index in [1.54, 1.807) is 0 Å². The van der Waals surface area contributed by atoms with E-state index in [4.69, 9.17) is 5.11 Å². The SMILES string of the molecule is Cc1ccc(NC(=O)c2cc(C)c(C)s2)cc1C#CCO. The van der Waals surface area contributed by atoms with Crippen LogP contribution >= 0.6 is 11.3 Å². The van der Waals surface area contributed by atoms with Crippen molar-refractivity contribution in [1.82, 2.24) is 0 Å². The van der Waals surface area contributed by atoms with Gasteiger partial charge in [-0.2, -0.15) is 0 Å². The molecule has 0 saturated heterocycles. The molecule has 0 atom stereocenters. The Bertz CT molecular complexity index is 715. The summed E-state index contributed by atoms with van der Waals surface area (Å²) < 4.78 is 0. The first-order chi connectivity index (χ1) is 10.0. The van der Waals surface area contributed by atoms with E-state index in [0.717, 1.165) is 21.6 Å². The fourth-order valence-electron chi connectivity index (χ4n) is 1.85. The number of hydrogen-bond acceptors (Lipinski definition) is 3. The number of carbonyl (C=O) groups excluding carboxylic acids is 1. The summed E-state index contributed by atoms with van der Waals surface area (Å²) in [6, 6.07) is 7.48. The van der Waals surface area contributed by atoms with E-state index in [9.17, 15) is 4.79 Å². The van der Waals surface area contributed by atoms with Crippen LogP contribution in [0.15, 0.2) is 24.3 Å². The van der Waals surface area contributed by atoms with E-state index in [-0.39, 0.29) is 12.5 Å². The highest BCUT2D eigenvalue weighted by Crippen LogP contribution is 2.22. The minimum atomic E-state index is -0.177. The lowest BCUT2D eigenvalue weighted by atomic mass is 10.1. The molecule has 108 valence electrons. The lowest BCUT2D eigenvalue weighted by molar-refractivity contribution is 0.103. The van der Waals surface area contributed by atoms with Crippen LogP contribution in [-0.2, 0) is 0 Å². The first kappa shape index (κ1) is 15.3. The molecule has 2 aromatic rings. The molecule has 1 heterocycles. The fourth-order valence-corrected chi connectivity index (χ4v) is 2.78. The van der Waals surface area contributed by atoms with Crippen molar-refractivity contribution in [2.75, 3.05) is 11.9 Å². The van der Waals surface area contributed by atoms with Crippen LogP contribution in [0, 0.1) is 32.6 Å². The van der Waals surface area contributed by atoms with Gasteiger partial charge in [0, 0.05) is 16.1 Å². The first-order valence-electron chi connectivity index (χ1n) is 6.60. The standard InChI is InChI=1S/C17H17NO2S/c1-11-6-7-15(10-14(11)5-4-8-19)18-17(20)16-9-12(2)13(3)21-16/h6-7,9-10,19H,8H2,1-3H3,(H,18,20). The van der Waals surface area contributed by atoms with Gasteiger partial charge in [-0.15, -0.1) is 11.3 Å². The molecule has 0 radical (unpaired) electrons. The van der Waals surface area contributed by atoms with Gasteiger partial charge in [-0.05, 0) is 50.1 Å². The summed E-state index contributed by atoms with van der Waals surface area (Å²) >= 11 is 1.49. The number of thiophene rings is 1. The number of anilines is 1. The maximum absolute atomic E-state index is 12.2. The third kappa shape index (κ3) is 3.72. The highest BCUT2D eigenvalue weighted by Gasteiger charge is 2.11. The normalized spacial score (nSPS) is 9.90. The van der Waals surface area contributed by atoms with Crippen LogP contribution in [0.25, 0.3) is 0 Å². The minimum absolute atomic E-state index is 0.110. The Morgan fingerprint density at radius 1 is 1.24 bits per heavy atom. The van der Waals surface area contributed by atoms with Crippen molar-refractivity contribution < 1.29 is 9.90 Å². The van der Waals surface area contributed by atoms with Crippen molar-refractivity contribution in [3.8, 4) is 11.8 Å². The summed E-state index contributed by atoms with van der Waals surface area (Å²) in [5.41, 5.74) is 3.65. The fraction of sp³-hybridized carbons (Fsp3) is 0.235. The zero-order chi connectivity index (χ0) is 15.4. The molecule has 1 aromatic carbocycles. The van der Waals surface area contributed by atoms with Crippen molar-refractivity contribution in [3.05, 3.63) is 50.7 Å². The number of hydrogen-bond donors (Lipinski definition) is 2. The van der Waals surface area contributed by atoms with E-state index < -0.39 is 0 Å². The van der Waals surface area contributed by atoms with Crippen molar-refractivity contribution in [3.63, 3.8) is 0 Å². The second-order valence-corrected chi connectivity index (χ2v) is 6.05. The van der Waals surface area contributed by atoms with Gasteiger partial charge in [0.15, 0.2) is 0 Å². The molecule has 1 amide bonds. The van der Waals surface area contributed by atoms with Crippen LogP contribution in [0.5, 0.6) is 0 Å². The summed E-state index contributed by atoms with van der Waals surface area (Å²) in [6.45, 7) is 5.77. The second kappa shape index (κ2) is 6.57. The van der Waals surface area contributed by atoms with E-state index in [0.29, 0.717) is 10.6 Å². The molecule has 0 unspecified atom stereocenters. The molecule has 2 N–H and O–H groups in total. The zero-order valence-electron chi connectivity index (χ0n) is 12.3. The number of amides is 1. The molecule has 0 fully saturated rings. The maximum atomic E-state index is 12.2. The predicted octanol–water partition coefficient (Wildman–Crippen LogP) is 3.27. The van der Waals surface area contributed by atoms with Crippen molar-refractivity contribution in [1.29, 1.82) is 0 Å². The van der Waals surface area contributed by atoms with Crippen molar-refractivity contribution in [2.24, 2.45) is 0 Å². The molecular formula is C17H17NO2S. The Morgan fingerprint density at radius 2 is 2.00 bits per heavy atom. The number of aliphatic hydroxyl groups excluding tert-OH is 1. The van der Waals surface area contributed by atoms with E-state index in [1.807, 2.05) is 45.0 Å². The van der Waals surface area contributed by atoms with Gasteiger partial charge in [0.2, 0.25) is 0 Å². The van der Waals surface area contributed by atoms with Crippen LogP contribution in [0.4, 0.5) is 5.69 Å². The maximum Gasteiger partial charge on any atom is 0.265 e. The predicted molar refractivity (Wildman–Crippen MR) is 86.9 cm³/mol. The van der Waals surface area contributed by atoms with Gasteiger partial charge < -0.3 is 10.4 Å². The molecule has 0 saturated carbocycles. The van der Waals surface area contributed by atoms with Gasteiger partial charge in [0.25, 0.3) is 5.91 Å². The van der Waals surface area contributed by atoms with Gasteiger partial charge in [0.1, 0.15) is 6.61 Å². The highest BCUT2D eigenvalue weighted by atomic mass is 32.1. The number of nitrogens with one attached hydrogen (secondary N) is 1. The molecule has 0 bridgehead atoms. The third-order valence-corrected chi connectivity index (χ3v) is 4.34.